The molecular formula is C25H23FN4O5. The van der Waals surface area contributed by atoms with E-state index in [1.54, 1.807) is 49.4 Å². The van der Waals surface area contributed by atoms with E-state index in [-0.39, 0.29) is 36.5 Å². The van der Waals surface area contributed by atoms with Gasteiger partial charge in [-0.15, -0.1) is 0 Å². The lowest BCUT2D eigenvalue weighted by Gasteiger charge is -2.09. The first kappa shape index (κ1) is 23.7. The van der Waals surface area contributed by atoms with Crippen LogP contribution >= 0.6 is 0 Å². The largest absolute Gasteiger partial charge is 0.495 e. The van der Waals surface area contributed by atoms with Gasteiger partial charge in [-0.3, -0.25) is 4.79 Å². The maximum absolute atomic E-state index is 13.3. The number of hydrogen-bond acceptors (Lipinski definition) is 7. The van der Waals surface area contributed by atoms with Crippen molar-refractivity contribution in [3.63, 3.8) is 0 Å². The number of ether oxygens (including phenoxy) is 2. The van der Waals surface area contributed by atoms with Gasteiger partial charge in [0, 0.05) is 17.1 Å². The molecule has 1 amide bonds. The molecule has 9 nitrogen and oxygen atoms in total. The third-order valence-corrected chi connectivity index (χ3v) is 5.27. The zero-order valence-corrected chi connectivity index (χ0v) is 19.4. The average Bonchev–Trinajstić information content (AvgIpc) is 3.41. The molecule has 0 aliphatic carbocycles. The van der Waals surface area contributed by atoms with Gasteiger partial charge in [-0.1, -0.05) is 17.3 Å². The monoisotopic (exact) mass is 478 g/mol. The van der Waals surface area contributed by atoms with Crippen molar-refractivity contribution in [3.05, 3.63) is 89.1 Å². The van der Waals surface area contributed by atoms with Gasteiger partial charge in [0.15, 0.2) is 12.4 Å². The molecule has 0 fully saturated rings. The highest BCUT2D eigenvalue weighted by Gasteiger charge is 2.20. The molecule has 0 unspecified atom stereocenters. The lowest BCUT2D eigenvalue weighted by molar-refractivity contribution is -0.115. The van der Waals surface area contributed by atoms with Crippen molar-refractivity contribution in [2.24, 2.45) is 0 Å². The van der Waals surface area contributed by atoms with Crippen molar-refractivity contribution in [2.75, 3.05) is 12.4 Å². The van der Waals surface area contributed by atoms with Crippen LogP contribution in [0.4, 0.5) is 10.1 Å². The summed E-state index contributed by atoms with van der Waals surface area (Å²) < 4.78 is 30.8. The van der Waals surface area contributed by atoms with Gasteiger partial charge in [0.25, 0.3) is 5.89 Å². The second-order valence-electron chi connectivity index (χ2n) is 7.70. The number of benzene rings is 2. The van der Waals surface area contributed by atoms with Crippen LogP contribution in [0, 0.1) is 19.7 Å². The Kier molecular flexibility index (Phi) is 6.91. The highest BCUT2D eigenvalue weighted by atomic mass is 19.1. The van der Waals surface area contributed by atoms with Crippen LogP contribution in [0.2, 0.25) is 0 Å². The highest BCUT2D eigenvalue weighted by molar-refractivity contribution is 5.93. The van der Waals surface area contributed by atoms with E-state index in [0.29, 0.717) is 22.7 Å². The zero-order valence-electron chi connectivity index (χ0n) is 19.4. The van der Waals surface area contributed by atoms with Crippen molar-refractivity contribution >= 4 is 17.6 Å². The number of anilines is 1. The molecule has 4 aromatic rings. The van der Waals surface area contributed by atoms with E-state index in [9.17, 15) is 14.0 Å². The van der Waals surface area contributed by atoms with Crippen LogP contribution < -0.4 is 10.1 Å². The number of aryl methyl sites for hydroxylation is 1. The molecule has 35 heavy (non-hydrogen) atoms. The Morgan fingerprint density at radius 1 is 1.11 bits per heavy atom. The summed E-state index contributed by atoms with van der Waals surface area (Å²) in [5, 5.41) is 6.50. The molecule has 0 spiro atoms. The Balaban J connectivity index is 1.36. The molecule has 0 bridgehead atoms. The first-order valence-corrected chi connectivity index (χ1v) is 10.7. The van der Waals surface area contributed by atoms with E-state index in [1.165, 1.54) is 19.2 Å². The number of methoxy groups -OCH3 is 1. The second-order valence-corrected chi connectivity index (χ2v) is 7.70. The first-order valence-electron chi connectivity index (χ1n) is 10.7. The van der Waals surface area contributed by atoms with E-state index >= 15 is 0 Å². The van der Waals surface area contributed by atoms with Crippen molar-refractivity contribution in [3.8, 4) is 11.4 Å². The number of carbonyl (C=O) groups is 2. The van der Waals surface area contributed by atoms with Crippen molar-refractivity contribution in [1.29, 1.82) is 0 Å². The molecule has 0 saturated heterocycles. The quantitative estimate of drug-likeness (QED) is 0.379. The number of halogens is 1. The Bertz CT molecular complexity index is 1360. The SMILES string of the molecule is COc1ccccc1NC(=O)Cc1noc(COC(=O)c2cc(C)n(-c3ccc(F)cc3)c2C)n1. The molecule has 180 valence electrons. The van der Waals surface area contributed by atoms with E-state index in [0.717, 1.165) is 11.4 Å². The van der Waals surface area contributed by atoms with Gasteiger partial charge in [0.05, 0.1) is 24.8 Å². The standard InChI is InChI=1S/C25H23FN4O5/c1-15-12-19(16(2)30(15)18-10-8-17(26)9-11-18)25(32)34-14-24-28-22(29-35-24)13-23(31)27-20-6-4-5-7-21(20)33-3/h4-12H,13-14H2,1-3H3,(H,27,31). The number of carbonyl (C=O) groups excluding carboxylic acids is 2. The molecule has 2 aromatic heterocycles. The lowest BCUT2D eigenvalue weighted by Crippen LogP contribution is -2.15. The molecule has 0 aliphatic heterocycles. The second kappa shape index (κ2) is 10.2. The van der Waals surface area contributed by atoms with Gasteiger partial charge in [0.1, 0.15) is 11.6 Å². The summed E-state index contributed by atoms with van der Waals surface area (Å²) in [6.07, 6.45) is -0.131. The average molecular weight is 478 g/mol. The lowest BCUT2D eigenvalue weighted by atomic mass is 10.2. The Morgan fingerprint density at radius 2 is 1.86 bits per heavy atom. The fraction of sp³-hybridized carbons (Fsp3) is 0.200. The predicted octanol–water partition coefficient (Wildman–Crippen LogP) is 4.16. The van der Waals surface area contributed by atoms with Gasteiger partial charge < -0.3 is 23.9 Å². The maximum atomic E-state index is 13.3. The Labute approximate surface area is 200 Å². The number of amides is 1. The van der Waals surface area contributed by atoms with E-state index in [4.69, 9.17) is 14.0 Å². The van der Waals surface area contributed by atoms with Gasteiger partial charge >= 0.3 is 5.97 Å². The fourth-order valence-electron chi connectivity index (χ4n) is 3.67. The molecule has 10 heteroatoms. The Morgan fingerprint density at radius 3 is 2.60 bits per heavy atom. The maximum Gasteiger partial charge on any atom is 0.340 e. The van der Waals surface area contributed by atoms with Crippen molar-refractivity contribution in [1.82, 2.24) is 14.7 Å². The highest BCUT2D eigenvalue weighted by Crippen LogP contribution is 2.24. The molecule has 1 N–H and O–H groups in total. The first-order chi connectivity index (χ1) is 16.9. The van der Waals surface area contributed by atoms with Crippen LogP contribution in [0.3, 0.4) is 0 Å². The van der Waals surface area contributed by atoms with Crippen LogP contribution in [0.5, 0.6) is 5.75 Å². The van der Waals surface area contributed by atoms with Crippen molar-refractivity contribution in [2.45, 2.75) is 26.9 Å². The number of para-hydroxylation sites is 2. The number of rotatable bonds is 8. The van der Waals surface area contributed by atoms with Crippen LogP contribution in [-0.4, -0.2) is 33.7 Å². The van der Waals surface area contributed by atoms with Gasteiger partial charge in [-0.05, 0) is 56.3 Å². The summed E-state index contributed by atoms with van der Waals surface area (Å²) in [6, 6.07) is 14.7. The number of aromatic nitrogens is 3. The summed E-state index contributed by atoms with van der Waals surface area (Å²) in [5.74, 6) is -0.525. The zero-order chi connectivity index (χ0) is 24.9. The topological polar surface area (TPSA) is 108 Å². The normalized spacial score (nSPS) is 10.7. The van der Waals surface area contributed by atoms with E-state index in [2.05, 4.69) is 15.5 Å². The summed E-state index contributed by atoms with van der Waals surface area (Å²) in [7, 11) is 1.51. The Hall–Kier alpha value is -4.47. The minimum Gasteiger partial charge on any atom is -0.495 e. The predicted molar refractivity (Wildman–Crippen MR) is 124 cm³/mol. The number of hydrogen-bond donors (Lipinski definition) is 1. The molecule has 0 atom stereocenters. The van der Waals surface area contributed by atoms with Gasteiger partial charge in [-0.2, -0.15) is 4.98 Å². The summed E-state index contributed by atoms with van der Waals surface area (Å²) in [6.45, 7) is 3.37. The number of nitrogens with one attached hydrogen (secondary N) is 1. The van der Waals surface area contributed by atoms with Crippen LogP contribution in [0.1, 0.15) is 33.5 Å². The van der Waals surface area contributed by atoms with Crippen LogP contribution in [0.25, 0.3) is 5.69 Å². The minimum absolute atomic E-state index is 0.0609. The number of esters is 1. The number of nitrogens with zero attached hydrogens (tertiary/aromatic N) is 3. The van der Waals surface area contributed by atoms with Gasteiger partial charge in [0.2, 0.25) is 5.91 Å². The van der Waals surface area contributed by atoms with Crippen LogP contribution in [0.15, 0.2) is 59.1 Å². The smallest absolute Gasteiger partial charge is 0.340 e. The molecule has 0 aliphatic rings. The van der Waals surface area contributed by atoms with Crippen LogP contribution in [-0.2, 0) is 22.6 Å². The summed E-state index contributed by atoms with van der Waals surface area (Å²) in [5.41, 5.74) is 3.06. The van der Waals surface area contributed by atoms with Gasteiger partial charge in [-0.25, -0.2) is 9.18 Å². The third-order valence-electron chi connectivity index (χ3n) is 5.27. The summed E-state index contributed by atoms with van der Waals surface area (Å²) >= 11 is 0. The minimum atomic E-state index is -0.569. The molecular weight excluding hydrogens is 455 g/mol. The van der Waals surface area contributed by atoms with E-state index in [1.807, 2.05) is 11.5 Å². The fourth-order valence-corrected chi connectivity index (χ4v) is 3.67. The van der Waals surface area contributed by atoms with Crippen molar-refractivity contribution < 1.29 is 28.0 Å². The molecule has 2 aromatic carbocycles. The third kappa shape index (κ3) is 5.37. The molecule has 2 heterocycles. The molecule has 4 rings (SSSR count). The summed E-state index contributed by atoms with van der Waals surface area (Å²) in [4.78, 5) is 29.1. The van der Waals surface area contributed by atoms with E-state index < -0.39 is 5.97 Å². The molecule has 0 saturated carbocycles. The molecule has 0 radical (unpaired) electrons.